The predicted octanol–water partition coefficient (Wildman–Crippen LogP) is 4.20. The lowest BCUT2D eigenvalue weighted by molar-refractivity contribution is 0.352. The molecule has 2 heterocycles. The number of fused-ring (bicyclic) bond motifs is 1. The molecule has 2 unspecified atom stereocenters. The molecule has 134 valence electrons. The maximum atomic E-state index is 5.47. The van der Waals surface area contributed by atoms with Crippen molar-refractivity contribution in [3.8, 4) is 11.5 Å². The van der Waals surface area contributed by atoms with Crippen molar-refractivity contribution in [2.24, 2.45) is 0 Å². The Morgan fingerprint density at radius 1 is 1.04 bits per heavy atom. The van der Waals surface area contributed by atoms with Gasteiger partial charge in [-0.2, -0.15) is 10.1 Å². The molecule has 26 heavy (non-hydrogen) atoms. The van der Waals surface area contributed by atoms with E-state index in [1.165, 1.54) is 5.56 Å². The average Bonchev–Trinajstić information content (AvgIpc) is 3.16. The van der Waals surface area contributed by atoms with Crippen LogP contribution in [0.15, 0.2) is 53.3 Å². The molecule has 0 amide bonds. The van der Waals surface area contributed by atoms with E-state index in [0.717, 1.165) is 22.4 Å². The molecule has 2 atom stereocenters. The van der Waals surface area contributed by atoms with Gasteiger partial charge in [0.15, 0.2) is 11.5 Å². The molecule has 2 aromatic carbocycles. The maximum Gasteiger partial charge on any atom is 0.222 e. The van der Waals surface area contributed by atoms with Crippen LogP contribution in [0.1, 0.15) is 29.6 Å². The number of methoxy groups -OCH3 is 2. The van der Waals surface area contributed by atoms with Gasteiger partial charge in [-0.15, -0.1) is 0 Å². The summed E-state index contributed by atoms with van der Waals surface area (Å²) in [5.74, 6) is 2.20. The minimum absolute atomic E-state index is 0.0576. The van der Waals surface area contributed by atoms with Crippen LogP contribution in [0.5, 0.6) is 11.5 Å². The van der Waals surface area contributed by atoms with Gasteiger partial charge >= 0.3 is 0 Å². The zero-order chi connectivity index (χ0) is 18.1. The van der Waals surface area contributed by atoms with E-state index in [1.807, 2.05) is 16.8 Å². The second-order valence-electron chi connectivity index (χ2n) is 6.14. The highest BCUT2D eigenvalue weighted by molar-refractivity contribution is 9.10. The summed E-state index contributed by atoms with van der Waals surface area (Å²) in [6.07, 6.45) is 2.44. The summed E-state index contributed by atoms with van der Waals surface area (Å²) in [6, 6.07) is 14.6. The summed E-state index contributed by atoms with van der Waals surface area (Å²) in [7, 11) is 3.29. The van der Waals surface area contributed by atoms with Gasteiger partial charge in [0.05, 0.1) is 26.3 Å². The van der Waals surface area contributed by atoms with Crippen LogP contribution < -0.4 is 14.8 Å². The molecule has 7 heteroatoms. The van der Waals surface area contributed by atoms with Crippen molar-refractivity contribution in [1.82, 2.24) is 14.8 Å². The van der Waals surface area contributed by atoms with Crippen molar-refractivity contribution >= 4 is 21.9 Å². The van der Waals surface area contributed by atoms with Gasteiger partial charge in [-0.3, -0.25) is 0 Å². The first-order valence-electron chi connectivity index (χ1n) is 8.33. The van der Waals surface area contributed by atoms with Gasteiger partial charge in [0.2, 0.25) is 5.95 Å². The molecular formula is C19H19BrN4O2. The van der Waals surface area contributed by atoms with Crippen LogP contribution in [-0.4, -0.2) is 29.0 Å². The van der Waals surface area contributed by atoms with E-state index in [4.69, 9.17) is 9.47 Å². The van der Waals surface area contributed by atoms with Gasteiger partial charge in [0, 0.05) is 4.47 Å². The normalized spacial score (nSPS) is 18.7. The summed E-state index contributed by atoms with van der Waals surface area (Å²) in [6.45, 7) is 0. The minimum atomic E-state index is 0.0576. The Labute approximate surface area is 160 Å². The molecule has 0 bridgehead atoms. The highest BCUT2D eigenvalue weighted by Crippen LogP contribution is 2.40. The van der Waals surface area contributed by atoms with Gasteiger partial charge in [-0.25, -0.2) is 4.68 Å². The van der Waals surface area contributed by atoms with E-state index in [1.54, 1.807) is 20.5 Å². The fraction of sp³-hybridized carbons (Fsp3) is 0.263. The van der Waals surface area contributed by atoms with Gasteiger partial charge < -0.3 is 14.8 Å². The van der Waals surface area contributed by atoms with E-state index in [0.29, 0.717) is 11.5 Å². The third-order valence-electron chi connectivity index (χ3n) is 4.70. The number of hydrogen-bond acceptors (Lipinski definition) is 5. The smallest absolute Gasteiger partial charge is 0.222 e. The van der Waals surface area contributed by atoms with Crippen LogP contribution in [0.2, 0.25) is 0 Å². The summed E-state index contributed by atoms with van der Waals surface area (Å²) in [5.41, 5.74) is 2.32. The summed E-state index contributed by atoms with van der Waals surface area (Å²) in [5, 5.41) is 7.90. The van der Waals surface area contributed by atoms with Crippen LogP contribution in [0.25, 0.3) is 0 Å². The Morgan fingerprint density at radius 3 is 2.50 bits per heavy atom. The first-order chi connectivity index (χ1) is 12.7. The first kappa shape index (κ1) is 16.9. The van der Waals surface area contributed by atoms with Gasteiger partial charge in [0.1, 0.15) is 6.33 Å². The Bertz CT molecular complexity index is 910. The lowest BCUT2D eigenvalue weighted by Gasteiger charge is -2.32. The van der Waals surface area contributed by atoms with Crippen LogP contribution in [0.4, 0.5) is 5.95 Å². The average molecular weight is 415 g/mol. The monoisotopic (exact) mass is 414 g/mol. The Kier molecular flexibility index (Phi) is 4.55. The number of anilines is 1. The Balaban J connectivity index is 1.72. The van der Waals surface area contributed by atoms with Crippen molar-refractivity contribution in [3.63, 3.8) is 0 Å². The summed E-state index contributed by atoms with van der Waals surface area (Å²) < 4.78 is 13.8. The zero-order valence-electron chi connectivity index (χ0n) is 14.5. The summed E-state index contributed by atoms with van der Waals surface area (Å²) >= 11 is 3.49. The topological polar surface area (TPSA) is 61.2 Å². The van der Waals surface area contributed by atoms with E-state index < -0.39 is 0 Å². The number of ether oxygens (including phenoxy) is 2. The largest absolute Gasteiger partial charge is 0.493 e. The second kappa shape index (κ2) is 6.99. The molecule has 0 radical (unpaired) electrons. The van der Waals surface area contributed by atoms with E-state index >= 15 is 0 Å². The number of nitrogens with zero attached hydrogens (tertiary/aromatic N) is 3. The van der Waals surface area contributed by atoms with Crippen LogP contribution in [0.3, 0.4) is 0 Å². The van der Waals surface area contributed by atoms with Crippen molar-refractivity contribution < 1.29 is 9.47 Å². The molecule has 4 rings (SSSR count). The molecule has 0 spiro atoms. The molecule has 0 aliphatic carbocycles. The molecule has 3 aromatic rings. The third kappa shape index (κ3) is 3.03. The van der Waals surface area contributed by atoms with Crippen molar-refractivity contribution in [3.05, 3.63) is 64.4 Å². The molecular weight excluding hydrogens is 396 g/mol. The maximum absolute atomic E-state index is 5.47. The fourth-order valence-corrected chi connectivity index (χ4v) is 3.64. The Hall–Kier alpha value is -2.54. The second-order valence-corrected chi connectivity index (χ2v) is 7.06. The number of nitrogens with one attached hydrogen (secondary N) is 1. The van der Waals surface area contributed by atoms with E-state index in [-0.39, 0.29) is 12.1 Å². The van der Waals surface area contributed by atoms with Crippen molar-refractivity contribution in [1.29, 1.82) is 0 Å². The molecule has 1 aromatic heterocycles. The molecule has 6 nitrogen and oxygen atoms in total. The summed E-state index contributed by atoms with van der Waals surface area (Å²) in [4.78, 5) is 4.38. The molecule has 0 fully saturated rings. The molecule has 0 saturated heterocycles. The van der Waals surface area contributed by atoms with Crippen LogP contribution >= 0.6 is 15.9 Å². The number of rotatable bonds is 4. The SMILES string of the molecule is COc1ccc(C2CC(c3ccc(Br)cc3)Nc3ncnn32)cc1OC. The van der Waals surface area contributed by atoms with Crippen LogP contribution in [-0.2, 0) is 0 Å². The van der Waals surface area contributed by atoms with Gasteiger partial charge in [-0.1, -0.05) is 34.1 Å². The third-order valence-corrected chi connectivity index (χ3v) is 5.22. The molecule has 1 N–H and O–H groups in total. The number of hydrogen-bond donors (Lipinski definition) is 1. The highest BCUT2D eigenvalue weighted by Gasteiger charge is 2.30. The number of halogens is 1. The number of benzene rings is 2. The van der Waals surface area contributed by atoms with E-state index in [2.05, 4.69) is 61.7 Å². The standard InChI is InChI=1S/C19H19BrN4O2/c1-25-17-8-5-13(9-18(17)26-2)16-10-15(12-3-6-14(20)7-4-12)23-19-21-11-22-24(16)19/h3-9,11,15-16H,10H2,1-2H3,(H,21,22,23). The van der Waals surface area contributed by atoms with E-state index in [9.17, 15) is 0 Å². The quantitative estimate of drug-likeness (QED) is 0.692. The predicted molar refractivity (Wildman–Crippen MR) is 103 cm³/mol. The van der Waals surface area contributed by atoms with Gasteiger partial charge in [-0.05, 0) is 41.8 Å². The fourth-order valence-electron chi connectivity index (χ4n) is 3.37. The number of aromatic nitrogens is 3. The van der Waals surface area contributed by atoms with Gasteiger partial charge in [0.25, 0.3) is 0 Å². The molecule has 0 saturated carbocycles. The molecule has 1 aliphatic heterocycles. The molecule has 1 aliphatic rings. The van der Waals surface area contributed by atoms with Crippen molar-refractivity contribution in [2.45, 2.75) is 18.5 Å². The lowest BCUT2D eigenvalue weighted by atomic mass is 9.93. The Morgan fingerprint density at radius 2 is 1.77 bits per heavy atom. The first-order valence-corrected chi connectivity index (χ1v) is 9.12. The highest BCUT2D eigenvalue weighted by atomic mass is 79.9. The lowest BCUT2D eigenvalue weighted by Crippen LogP contribution is -2.28. The van der Waals surface area contributed by atoms with Crippen LogP contribution in [0, 0.1) is 0 Å². The minimum Gasteiger partial charge on any atom is -0.493 e. The zero-order valence-corrected chi connectivity index (χ0v) is 16.1. The van der Waals surface area contributed by atoms with Crippen molar-refractivity contribution in [2.75, 3.05) is 19.5 Å².